The second-order valence-electron chi connectivity index (χ2n) is 4.96. The van der Waals surface area contributed by atoms with Gasteiger partial charge >= 0.3 is 0 Å². The van der Waals surface area contributed by atoms with Crippen LogP contribution in [0.4, 0.5) is 4.39 Å². The minimum Gasteiger partial charge on any atom is -0.507 e. The highest BCUT2D eigenvalue weighted by atomic mass is 19.1. The number of phenolic OH excluding ortho intramolecular Hbond substituents is 1. The molecule has 106 valence electrons. The molecular weight excluding hydrogens is 245 g/mol. The molecule has 3 nitrogen and oxygen atoms in total. The van der Waals surface area contributed by atoms with Crippen LogP contribution >= 0.6 is 0 Å². The Bertz CT molecular complexity index is 446. The summed E-state index contributed by atoms with van der Waals surface area (Å²) in [7, 11) is 1.92. The molecule has 0 aliphatic carbocycles. The van der Waals surface area contributed by atoms with E-state index in [1.165, 1.54) is 13.0 Å². The summed E-state index contributed by atoms with van der Waals surface area (Å²) >= 11 is 0. The fraction of sp³-hybridized carbons (Fsp3) is 0.533. The second-order valence-corrected chi connectivity index (χ2v) is 4.96. The monoisotopic (exact) mass is 267 g/mol. The summed E-state index contributed by atoms with van der Waals surface area (Å²) in [5.41, 5.74) is 0.515. The van der Waals surface area contributed by atoms with E-state index in [2.05, 4.69) is 6.92 Å². The van der Waals surface area contributed by atoms with Crippen LogP contribution in [-0.4, -0.2) is 29.4 Å². The van der Waals surface area contributed by atoms with Crippen LogP contribution in [0.3, 0.4) is 0 Å². The molecule has 0 amide bonds. The number of nitrogens with zero attached hydrogens (tertiary/aromatic N) is 1. The van der Waals surface area contributed by atoms with Crippen molar-refractivity contribution in [2.24, 2.45) is 0 Å². The summed E-state index contributed by atoms with van der Waals surface area (Å²) in [6, 6.07) is 2.37. The molecule has 0 spiro atoms. The lowest BCUT2D eigenvalue weighted by molar-refractivity contribution is 0.101. The van der Waals surface area contributed by atoms with Gasteiger partial charge in [0.25, 0.3) is 0 Å². The van der Waals surface area contributed by atoms with Gasteiger partial charge in [0.05, 0.1) is 5.56 Å². The number of hydrogen-bond acceptors (Lipinski definition) is 3. The number of rotatable bonds is 7. The Balaban J connectivity index is 2.80. The van der Waals surface area contributed by atoms with Crippen LogP contribution in [0.15, 0.2) is 12.1 Å². The summed E-state index contributed by atoms with van der Waals surface area (Å²) in [5, 5.41) is 9.99. The summed E-state index contributed by atoms with van der Waals surface area (Å²) < 4.78 is 13.4. The lowest BCUT2D eigenvalue weighted by Gasteiger charge is -2.18. The van der Waals surface area contributed by atoms with Crippen molar-refractivity contribution in [1.82, 2.24) is 4.90 Å². The topological polar surface area (TPSA) is 40.5 Å². The third kappa shape index (κ3) is 4.63. The first kappa shape index (κ1) is 15.6. The van der Waals surface area contributed by atoms with E-state index in [9.17, 15) is 14.3 Å². The molecule has 0 aromatic heterocycles. The van der Waals surface area contributed by atoms with Crippen LogP contribution in [0.5, 0.6) is 5.75 Å². The predicted molar refractivity (Wildman–Crippen MR) is 73.9 cm³/mol. The molecule has 19 heavy (non-hydrogen) atoms. The molecule has 0 aliphatic rings. The van der Waals surface area contributed by atoms with Gasteiger partial charge in [0.15, 0.2) is 5.78 Å². The Morgan fingerprint density at radius 2 is 2.05 bits per heavy atom. The zero-order valence-electron chi connectivity index (χ0n) is 11.9. The summed E-state index contributed by atoms with van der Waals surface area (Å²) in [4.78, 5) is 13.3. The third-order valence-electron chi connectivity index (χ3n) is 3.12. The molecule has 0 aliphatic heterocycles. The molecule has 1 aromatic carbocycles. The van der Waals surface area contributed by atoms with Crippen molar-refractivity contribution >= 4 is 5.78 Å². The summed E-state index contributed by atoms with van der Waals surface area (Å²) in [5.74, 6) is -0.914. The van der Waals surface area contributed by atoms with Crippen LogP contribution < -0.4 is 0 Å². The van der Waals surface area contributed by atoms with Gasteiger partial charge in [-0.15, -0.1) is 0 Å². The molecule has 1 aromatic rings. The van der Waals surface area contributed by atoms with E-state index >= 15 is 0 Å². The number of unbranched alkanes of at least 4 members (excludes halogenated alkanes) is 2. The van der Waals surface area contributed by atoms with Crippen molar-refractivity contribution in [3.63, 3.8) is 0 Å². The number of phenols is 1. The van der Waals surface area contributed by atoms with Crippen LogP contribution in [0.25, 0.3) is 0 Å². The van der Waals surface area contributed by atoms with Gasteiger partial charge < -0.3 is 10.0 Å². The summed E-state index contributed by atoms with van der Waals surface area (Å²) in [6.45, 7) is 4.79. The zero-order valence-corrected chi connectivity index (χ0v) is 11.9. The van der Waals surface area contributed by atoms with Gasteiger partial charge in [-0.25, -0.2) is 4.39 Å². The van der Waals surface area contributed by atoms with Crippen LogP contribution in [-0.2, 0) is 6.54 Å². The van der Waals surface area contributed by atoms with E-state index in [1.807, 2.05) is 11.9 Å². The van der Waals surface area contributed by atoms with E-state index in [0.717, 1.165) is 31.9 Å². The lowest BCUT2D eigenvalue weighted by atomic mass is 10.0. The highest BCUT2D eigenvalue weighted by molar-refractivity contribution is 5.97. The smallest absolute Gasteiger partial charge is 0.163 e. The van der Waals surface area contributed by atoms with Crippen molar-refractivity contribution in [2.45, 2.75) is 39.7 Å². The van der Waals surface area contributed by atoms with Gasteiger partial charge in [0.1, 0.15) is 11.6 Å². The average Bonchev–Trinajstić information content (AvgIpc) is 2.33. The maximum atomic E-state index is 13.4. The molecule has 0 atom stereocenters. The number of carbonyl (C=O) groups excluding carboxylic acids is 1. The highest BCUT2D eigenvalue weighted by Gasteiger charge is 2.14. The van der Waals surface area contributed by atoms with Crippen molar-refractivity contribution in [2.75, 3.05) is 13.6 Å². The normalized spacial score (nSPS) is 11.0. The first-order valence-electron chi connectivity index (χ1n) is 6.66. The third-order valence-corrected chi connectivity index (χ3v) is 3.12. The van der Waals surface area contributed by atoms with E-state index in [0.29, 0.717) is 12.1 Å². The van der Waals surface area contributed by atoms with Crippen LogP contribution in [0, 0.1) is 5.82 Å². The second kappa shape index (κ2) is 7.24. The number of hydrogen-bond donors (Lipinski definition) is 1. The Morgan fingerprint density at radius 3 is 2.63 bits per heavy atom. The predicted octanol–water partition coefficient (Wildman–Crippen LogP) is 3.36. The first-order chi connectivity index (χ1) is 8.95. The fourth-order valence-electron chi connectivity index (χ4n) is 2.05. The molecule has 4 heteroatoms. The number of benzene rings is 1. The van der Waals surface area contributed by atoms with Crippen molar-refractivity contribution < 1.29 is 14.3 Å². The van der Waals surface area contributed by atoms with Gasteiger partial charge in [-0.2, -0.15) is 0 Å². The molecule has 0 bridgehead atoms. The van der Waals surface area contributed by atoms with Gasteiger partial charge in [-0.1, -0.05) is 19.8 Å². The van der Waals surface area contributed by atoms with Gasteiger partial charge in [0, 0.05) is 12.1 Å². The minimum atomic E-state index is -0.486. The average molecular weight is 267 g/mol. The zero-order chi connectivity index (χ0) is 14.4. The van der Waals surface area contributed by atoms with Gasteiger partial charge in [-0.05, 0) is 39.1 Å². The molecule has 0 saturated heterocycles. The van der Waals surface area contributed by atoms with Gasteiger partial charge in [0.2, 0.25) is 0 Å². The maximum Gasteiger partial charge on any atom is 0.163 e. The molecule has 0 fully saturated rings. The maximum absolute atomic E-state index is 13.4. The van der Waals surface area contributed by atoms with E-state index in [1.54, 1.807) is 0 Å². The standard InChI is InChI=1S/C15H22FNO2/c1-4-5-6-7-17(3)10-12-8-13(16)9-14(11(2)18)15(12)19/h8-9,19H,4-7,10H2,1-3H3. The molecular formula is C15H22FNO2. The van der Waals surface area contributed by atoms with E-state index < -0.39 is 5.82 Å². The minimum absolute atomic E-state index is 0.0527. The fourth-order valence-corrected chi connectivity index (χ4v) is 2.05. The van der Waals surface area contributed by atoms with E-state index in [4.69, 9.17) is 0 Å². The van der Waals surface area contributed by atoms with Crippen molar-refractivity contribution in [3.8, 4) is 5.75 Å². The summed E-state index contributed by atoms with van der Waals surface area (Å²) in [6.07, 6.45) is 3.37. The molecule has 0 heterocycles. The molecule has 0 radical (unpaired) electrons. The quantitative estimate of drug-likeness (QED) is 0.608. The largest absolute Gasteiger partial charge is 0.507 e. The number of aromatic hydroxyl groups is 1. The van der Waals surface area contributed by atoms with Crippen LogP contribution in [0.1, 0.15) is 49.0 Å². The molecule has 0 saturated carbocycles. The highest BCUT2D eigenvalue weighted by Crippen LogP contribution is 2.25. The number of ketones is 1. The SMILES string of the molecule is CCCCCN(C)Cc1cc(F)cc(C(C)=O)c1O. The molecule has 0 unspecified atom stereocenters. The van der Waals surface area contributed by atoms with Gasteiger partial charge in [-0.3, -0.25) is 4.79 Å². The number of carbonyl (C=O) groups is 1. The Hall–Kier alpha value is -1.42. The first-order valence-corrected chi connectivity index (χ1v) is 6.66. The van der Waals surface area contributed by atoms with Crippen molar-refractivity contribution in [3.05, 3.63) is 29.1 Å². The Labute approximate surface area is 114 Å². The Morgan fingerprint density at radius 1 is 1.37 bits per heavy atom. The lowest BCUT2D eigenvalue weighted by Crippen LogP contribution is -2.19. The van der Waals surface area contributed by atoms with Crippen LogP contribution in [0.2, 0.25) is 0 Å². The molecule has 1 rings (SSSR count). The Kier molecular flexibility index (Phi) is 5.96. The van der Waals surface area contributed by atoms with E-state index in [-0.39, 0.29) is 17.1 Å². The molecule has 1 N–H and O–H groups in total. The number of Topliss-reactive ketones (excluding diaryl/α,β-unsaturated/α-hetero) is 1. The number of halogens is 1. The van der Waals surface area contributed by atoms with Crippen molar-refractivity contribution in [1.29, 1.82) is 0 Å².